The third-order valence-electron chi connectivity index (χ3n) is 3.89. The number of halogens is 1. The molecule has 2 aromatic carbocycles. The van der Waals surface area contributed by atoms with E-state index in [4.69, 9.17) is 20.9 Å². The van der Waals surface area contributed by atoms with Crippen LogP contribution in [-0.4, -0.2) is 12.3 Å². The summed E-state index contributed by atoms with van der Waals surface area (Å²) in [7, 11) is 1.63. The molecular weight excluding hydrogens is 324 g/mol. The Labute approximate surface area is 145 Å². The fraction of sp³-hybridized carbons (Fsp3) is 0.158. The fourth-order valence-electron chi connectivity index (χ4n) is 2.78. The Kier molecular flexibility index (Phi) is 4.28. The maximum atomic E-state index is 9.65. The summed E-state index contributed by atoms with van der Waals surface area (Å²) < 4.78 is 10.8. The Bertz CT molecular complexity index is 914. The molecule has 5 heteroatoms. The molecule has 0 N–H and O–H groups in total. The van der Waals surface area contributed by atoms with Gasteiger partial charge in [-0.1, -0.05) is 16.8 Å². The number of benzene rings is 2. The number of ether oxygens (including phenoxy) is 1. The molecule has 1 heterocycles. The average Bonchev–Trinajstić information content (AvgIpc) is 2.98. The van der Waals surface area contributed by atoms with E-state index >= 15 is 0 Å². The second kappa shape index (κ2) is 6.38. The summed E-state index contributed by atoms with van der Waals surface area (Å²) in [4.78, 5) is 0. The summed E-state index contributed by atoms with van der Waals surface area (Å²) in [6.07, 6.45) is 0. The van der Waals surface area contributed by atoms with E-state index in [1.807, 2.05) is 26.0 Å². The molecule has 4 nitrogen and oxygen atoms in total. The molecule has 0 bridgehead atoms. The summed E-state index contributed by atoms with van der Waals surface area (Å²) in [5, 5.41) is 14.4. The van der Waals surface area contributed by atoms with E-state index < -0.39 is 0 Å². The molecule has 0 aliphatic heterocycles. The Morgan fingerprint density at radius 2 is 1.75 bits per heavy atom. The van der Waals surface area contributed by atoms with Gasteiger partial charge in [0.05, 0.1) is 7.11 Å². The van der Waals surface area contributed by atoms with Crippen molar-refractivity contribution in [3.63, 3.8) is 0 Å². The van der Waals surface area contributed by atoms with E-state index in [1.54, 1.807) is 31.4 Å². The molecule has 3 aromatic rings. The first-order valence-electron chi connectivity index (χ1n) is 7.36. The van der Waals surface area contributed by atoms with E-state index in [0.717, 1.165) is 28.0 Å². The summed E-state index contributed by atoms with van der Waals surface area (Å²) in [6.45, 7) is 3.92. The second-order valence-electron chi connectivity index (χ2n) is 5.49. The lowest BCUT2D eigenvalue weighted by atomic mass is 9.95. The van der Waals surface area contributed by atoms with Crippen LogP contribution in [0.5, 0.6) is 5.75 Å². The van der Waals surface area contributed by atoms with Crippen molar-refractivity contribution in [2.75, 3.05) is 7.11 Å². The molecular formula is C19H15ClN2O2. The lowest BCUT2D eigenvalue weighted by molar-refractivity contribution is 0.414. The zero-order valence-corrected chi connectivity index (χ0v) is 14.3. The molecule has 0 aliphatic rings. The van der Waals surface area contributed by atoms with E-state index in [9.17, 15) is 5.26 Å². The maximum Gasteiger partial charge on any atom is 0.185 e. The van der Waals surface area contributed by atoms with Gasteiger partial charge in [0.2, 0.25) is 0 Å². The SMILES string of the molecule is COc1cc(C)c(-c2noc(-c3ccc(Cl)cc3)c2C#N)c(C)c1. The molecule has 0 radical (unpaired) electrons. The third kappa shape index (κ3) is 2.75. The Morgan fingerprint density at radius 3 is 2.29 bits per heavy atom. The van der Waals surface area contributed by atoms with Gasteiger partial charge in [-0.3, -0.25) is 0 Å². The molecule has 0 saturated carbocycles. The van der Waals surface area contributed by atoms with Crippen molar-refractivity contribution in [1.82, 2.24) is 5.16 Å². The van der Waals surface area contributed by atoms with Gasteiger partial charge in [0, 0.05) is 16.1 Å². The van der Waals surface area contributed by atoms with Gasteiger partial charge in [-0.2, -0.15) is 5.26 Å². The van der Waals surface area contributed by atoms with Crippen LogP contribution in [0.4, 0.5) is 0 Å². The van der Waals surface area contributed by atoms with Crippen LogP contribution in [0.1, 0.15) is 16.7 Å². The van der Waals surface area contributed by atoms with Crippen molar-refractivity contribution in [2.24, 2.45) is 0 Å². The number of methoxy groups -OCH3 is 1. The first-order chi connectivity index (χ1) is 11.5. The zero-order valence-electron chi connectivity index (χ0n) is 13.6. The van der Waals surface area contributed by atoms with Crippen LogP contribution >= 0.6 is 11.6 Å². The van der Waals surface area contributed by atoms with Gasteiger partial charge in [-0.05, 0) is 61.4 Å². The van der Waals surface area contributed by atoms with Gasteiger partial charge in [-0.25, -0.2) is 0 Å². The van der Waals surface area contributed by atoms with Crippen molar-refractivity contribution in [3.05, 3.63) is 58.1 Å². The fourth-order valence-corrected chi connectivity index (χ4v) is 2.90. The van der Waals surface area contributed by atoms with Crippen LogP contribution < -0.4 is 4.74 Å². The number of rotatable bonds is 3. The quantitative estimate of drug-likeness (QED) is 0.661. The first-order valence-corrected chi connectivity index (χ1v) is 7.74. The van der Waals surface area contributed by atoms with Gasteiger partial charge in [0.15, 0.2) is 5.76 Å². The number of aromatic nitrogens is 1. The highest BCUT2D eigenvalue weighted by Crippen LogP contribution is 2.36. The molecule has 120 valence electrons. The van der Waals surface area contributed by atoms with Crippen LogP contribution in [0.2, 0.25) is 5.02 Å². The van der Waals surface area contributed by atoms with Crippen LogP contribution in [0.15, 0.2) is 40.9 Å². The smallest absolute Gasteiger partial charge is 0.185 e. The molecule has 0 fully saturated rings. The minimum atomic E-state index is 0.411. The minimum absolute atomic E-state index is 0.411. The normalized spacial score (nSPS) is 10.5. The van der Waals surface area contributed by atoms with Gasteiger partial charge >= 0.3 is 0 Å². The van der Waals surface area contributed by atoms with E-state index in [0.29, 0.717) is 22.0 Å². The van der Waals surface area contributed by atoms with E-state index in [-0.39, 0.29) is 0 Å². The summed E-state index contributed by atoms with van der Waals surface area (Å²) >= 11 is 5.92. The van der Waals surface area contributed by atoms with Crippen molar-refractivity contribution in [1.29, 1.82) is 5.26 Å². The highest BCUT2D eigenvalue weighted by Gasteiger charge is 2.22. The lowest BCUT2D eigenvalue weighted by Gasteiger charge is -2.10. The monoisotopic (exact) mass is 338 g/mol. The number of hydrogen-bond donors (Lipinski definition) is 0. The predicted molar refractivity (Wildman–Crippen MR) is 93.1 cm³/mol. The van der Waals surface area contributed by atoms with Crippen molar-refractivity contribution in [3.8, 4) is 34.4 Å². The highest BCUT2D eigenvalue weighted by atomic mass is 35.5. The van der Waals surface area contributed by atoms with Crippen molar-refractivity contribution < 1.29 is 9.26 Å². The lowest BCUT2D eigenvalue weighted by Crippen LogP contribution is -1.93. The molecule has 0 spiro atoms. The highest BCUT2D eigenvalue weighted by molar-refractivity contribution is 6.30. The van der Waals surface area contributed by atoms with Crippen molar-refractivity contribution >= 4 is 11.6 Å². The number of aryl methyl sites for hydroxylation is 2. The molecule has 0 unspecified atom stereocenters. The van der Waals surface area contributed by atoms with E-state index in [2.05, 4.69) is 11.2 Å². The summed E-state index contributed by atoms with van der Waals surface area (Å²) in [6, 6.07) is 13.2. The Hall–Kier alpha value is -2.77. The zero-order chi connectivity index (χ0) is 17.3. The molecule has 1 aromatic heterocycles. The molecule has 3 rings (SSSR count). The van der Waals surface area contributed by atoms with Gasteiger partial charge < -0.3 is 9.26 Å². The molecule has 24 heavy (non-hydrogen) atoms. The Balaban J connectivity index is 2.18. The minimum Gasteiger partial charge on any atom is -0.497 e. The number of nitrogens with zero attached hydrogens (tertiary/aromatic N) is 2. The number of hydrogen-bond acceptors (Lipinski definition) is 4. The largest absolute Gasteiger partial charge is 0.497 e. The maximum absolute atomic E-state index is 9.65. The molecule has 0 atom stereocenters. The van der Waals surface area contributed by atoms with E-state index in [1.165, 1.54) is 0 Å². The van der Waals surface area contributed by atoms with Crippen LogP contribution in [-0.2, 0) is 0 Å². The standard InChI is InChI=1S/C19H15ClN2O2/c1-11-8-15(23-3)9-12(2)17(11)18-16(10-21)19(24-22-18)13-4-6-14(20)7-5-13/h4-9H,1-3H3. The summed E-state index contributed by atoms with van der Waals surface area (Å²) in [5.41, 5.74) is 4.54. The second-order valence-corrected chi connectivity index (χ2v) is 5.93. The van der Waals surface area contributed by atoms with Gasteiger partial charge in [-0.15, -0.1) is 0 Å². The molecule has 0 saturated heterocycles. The summed E-state index contributed by atoms with van der Waals surface area (Å²) in [5.74, 6) is 1.22. The van der Waals surface area contributed by atoms with Crippen molar-refractivity contribution in [2.45, 2.75) is 13.8 Å². The third-order valence-corrected chi connectivity index (χ3v) is 4.14. The predicted octanol–water partition coefficient (Wildman–Crippen LogP) is 5.16. The van der Waals surface area contributed by atoms with Crippen LogP contribution in [0, 0.1) is 25.2 Å². The number of nitriles is 1. The first kappa shape index (κ1) is 16.1. The van der Waals surface area contributed by atoms with Gasteiger partial charge in [0.25, 0.3) is 0 Å². The Morgan fingerprint density at radius 1 is 1.12 bits per heavy atom. The average molecular weight is 339 g/mol. The topological polar surface area (TPSA) is 59.1 Å². The molecule has 0 amide bonds. The van der Waals surface area contributed by atoms with Crippen LogP contribution in [0.3, 0.4) is 0 Å². The van der Waals surface area contributed by atoms with Crippen LogP contribution in [0.25, 0.3) is 22.6 Å². The molecule has 0 aliphatic carbocycles. The van der Waals surface area contributed by atoms with Gasteiger partial charge in [0.1, 0.15) is 23.1 Å².